The molecule has 1 saturated carbocycles. The zero-order valence-electron chi connectivity index (χ0n) is 13.6. The second-order valence-corrected chi connectivity index (χ2v) is 6.07. The number of esters is 2. The van der Waals surface area contributed by atoms with E-state index in [1.165, 1.54) is 31.4 Å². The lowest BCUT2D eigenvalue weighted by Gasteiger charge is -2.41. The van der Waals surface area contributed by atoms with E-state index in [0.717, 1.165) is 25.7 Å². The molecule has 1 fully saturated rings. The molecule has 0 aromatic carbocycles. The first-order valence-corrected chi connectivity index (χ1v) is 8.16. The number of ether oxygens (including phenoxy) is 2. The smallest absolute Gasteiger partial charge is 0.330 e. The lowest BCUT2D eigenvalue weighted by molar-refractivity contribution is -0.153. The van der Waals surface area contributed by atoms with Crippen molar-refractivity contribution in [3.05, 3.63) is 25.3 Å². The van der Waals surface area contributed by atoms with Gasteiger partial charge in [0.15, 0.2) is 0 Å². The van der Waals surface area contributed by atoms with Crippen molar-refractivity contribution >= 4 is 11.9 Å². The van der Waals surface area contributed by atoms with Crippen LogP contribution in [0.25, 0.3) is 0 Å². The zero-order valence-corrected chi connectivity index (χ0v) is 13.6. The Balaban J connectivity index is 2.88. The van der Waals surface area contributed by atoms with E-state index in [4.69, 9.17) is 9.47 Å². The van der Waals surface area contributed by atoms with Crippen molar-refractivity contribution in [1.29, 1.82) is 0 Å². The normalized spacial score (nSPS) is 15.9. The van der Waals surface area contributed by atoms with Crippen molar-refractivity contribution in [3.63, 3.8) is 0 Å². The molecular weight excluding hydrogens is 280 g/mol. The summed E-state index contributed by atoms with van der Waals surface area (Å²) in [6.45, 7) is 9.52. The lowest BCUT2D eigenvalue weighted by Crippen LogP contribution is -2.42. The minimum atomic E-state index is -0.425. The first-order chi connectivity index (χ1) is 10.6. The van der Waals surface area contributed by atoms with Crippen molar-refractivity contribution < 1.29 is 19.1 Å². The molecule has 0 bridgehead atoms. The Hall–Kier alpha value is -1.58. The molecular formula is C18H28O4. The van der Waals surface area contributed by atoms with Gasteiger partial charge >= 0.3 is 11.9 Å². The highest BCUT2D eigenvalue weighted by Crippen LogP contribution is 2.42. The quantitative estimate of drug-likeness (QED) is 0.480. The second-order valence-electron chi connectivity index (χ2n) is 6.07. The van der Waals surface area contributed by atoms with Gasteiger partial charge in [-0.25, -0.2) is 9.59 Å². The van der Waals surface area contributed by atoms with Crippen LogP contribution < -0.4 is 0 Å². The molecule has 0 amide bonds. The van der Waals surface area contributed by atoms with Gasteiger partial charge in [-0.3, -0.25) is 0 Å². The van der Waals surface area contributed by atoms with Crippen LogP contribution >= 0.6 is 0 Å². The van der Waals surface area contributed by atoms with E-state index in [-0.39, 0.29) is 18.6 Å². The minimum Gasteiger partial charge on any atom is -0.462 e. The lowest BCUT2D eigenvalue weighted by atomic mass is 9.67. The molecule has 0 N–H and O–H groups in total. The molecule has 0 unspecified atom stereocenters. The maximum Gasteiger partial charge on any atom is 0.330 e. The second kappa shape index (κ2) is 9.44. The van der Waals surface area contributed by atoms with E-state index in [1.54, 1.807) is 0 Å². The van der Waals surface area contributed by atoms with Crippen LogP contribution in [0.4, 0.5) is 0 Å². The average molecular weight is 308 g/mol. The van der Waals surface area contributed by atoms with E-state index in [9.17, 15) is 9.59 Å². The molecule has 0 spiro atoms. The van der Waals surface area contributed by atoms with Crippen LogP contribution in [0.5, 0.6) is 0 Å². The summed E-state index contributed by atoms with van der Waals surface area (Å²) >= 11 is 0. The summed E-state index contributed by atoms with van der Waals surface area (Å²) in [7, 11) is 0. The van der Waals surface area contributed by atoms with Gasteiger partial charge in [0, 0.05) is 17.6 Å². The third-order valence-corrected chi connectivity index (χ3v) is 4.56. The molecule has 0 heterocycles. The molecule has 1 aliphatic carbocycles. The van der Waals surface area contributed by atoms with E-state index in [0.29, 0.717) is 5.92 Å². The molecule has 124 valence electrons. The summed E-state index contributed by atoms with van der Waals surface area (Å²) in [5.74, 6) is -0.436. The SMILES string of the molecule is C=CC(=O)OCC(CCC)(COC(=O)C=C)C1CCCCC1. The summed E-state index contributed by atoms with van der Waals surface area (Å²) < 4.78 is 10.7. The third kappa shape index (κ3) is 5.32. The summed E-state index contributed by atoms with van der Waals surface area (Å²) in [4.78, 5) is 23.0. The predicted molar refractivity (Wildman–Crippen MR) is 86.2 cm³/mol. The van der Waals surface area contributed by atoms with Gasteiger partial charge in [-0.15, -0.1) is 0 Å². The van der Waals surface area contributed by atoms with Gasteiger partial charge < -0.3 is 9.47 Å². The Morgan fingerprint density at radius 1 is 1.05 bits per heavy atom. The first kappa shape index (κ1) is 18.5. The van der Waals surface area contributed by atoms with Crippen molar-refractivity contribution in [1.82, 2.24) is 0 Å². The largest absolute Gasteiger partial charge is 0.462 e. The van der Waals surface area contributed by atoms with Gasteiger partial charge in [-0.2, -0.15) is 0 Å². The fourth-order valence-electron chi connectivity index (χ4n) is 3.39. The van der Waals surface area contributed by atoms with Crippen molar-refractivity contribution in [2.24, 2.45) is 11.3 Å². The van der Waals surface area contributed by atoms with Crippen LogP contribution in [0.3, 0.4) is 0 Å². The van der Waals surface area contributed by atoms with E-state index >= 15 is 0 Å². The number of carbonyl (C=O) groups is 2. The summed E-state index contributed by atoms with van der Waals surface area (Å²) in [5, 5.41) is 0. The van der Waals surface area contributed by atoms with Crippen LogP contribution in [-0.4, -0.2) is 25.2 Å². The first-order valence-electron chi connectivity index (χ1n) is 8.16. The Morgan fingerprint density at radius 3 is 1.95 bits per heavy atom. The fraction of sp³-hybridized carbons (Fsp3) is 0.667. The van der Waals surface area contributed by atoms with Crippen LogP contribution in [0.1, 0.15) is 51.9 Å². The highest BCUT2D eigenvalue weighted by atomic mass is 16.5. The Labute approximate surface area is 133 Å². The summed E-state index contributed by atoms with van der Waals surface area (Å²) in [5.41, 5.74) is -0.299. The number of carbonyl (C=O) groups excluding carboxylic acids is 2. The molecule has 0 saturated heterocycles. The minimum absolute atomic E-state index is 0.279. The summed E-state index contributed by atoms with van der Waals surface area (Å²) in [6, 6.07) is 0. The predicted octanol–water partition coefficient (Wildman–Crippen LogP) is 3.81. The molecule has 0 aromatic heterocycles. The van der Waals surface area contributed by atoms with E-state index < -0.39 is 11.9 Å². The van der Waals surface area contributed by atoms with Crippen molar-refractivity contribution in [3.8, 4) is 0 Å². The molecule has 1 aliphatic rings. The van der Waals surface area contributed by atoms with E-state index in [1.807, 2.05) is 0 Å². The average Bonchev–Trinajstić information content (AvgIpc) is 2.57. The Kier molecular flexibility index (Phi) is 7.92. The molecule has 4 nitrogen and oxygen atoms in total. The van der Waals surface area contributed by atoms with Crippen LogP contribution in [0, 0.1) is 11.3 Å². The highest BCUT2D eigenvalue weighted by Gasteiger charge is 2.41. The third-order valence-electron chi connectivity index (χ3n) is 4.56. The number of rotatable bonds is 9. The monoisotopic (exact) mass is 308 g/mol. The Bertz CT molecular complexity index is 370. The number of hydrogen-bond acceptors (Lipinski definition) is 4. The molecule has 22 heavy (non-hydrogen) atoms. The zero-order chi connectivity index (χ0) is 16.4. The molecule has 0 atom stereocenters. The fourth-order valence-corrected chi connectivity index (χ4v) is 3.39. The molecule has 1 rings (SSSR count). The van der Waals surface area contributed by atoms with Gasteiger partial charge in [0.05, 0.1) is 0 Å². The van der Waals surface area contributed by atoms with Crippen LogP contribution in [0.15, 0.2) is 25.3 Å². The Morgan fingerprint density at radius 2 is 1.55 bits per heavy atom. The molecule has 0 aromatic rings. The van der Waals surface area contributed by atoms with Crippen LogP contribution in [0.2, 0.25) is 0 Å². The van der Waals surface area contributed by atoms with Crippen molar-refractivity contribution in [2.45, 2.75) is 51.9 Å². The summed E-state index contributed by atoms with van der Waals surface area (Å²) in [6.07, 6.45) is 9.97. The van der Waals surface area contributed by atoms with Gasteiger partial charge in [0.2, 0.25) is 0 Å². The maximum atomic E-state index is 11.5. The molecule has 0 radical (unpaired) electrons. The van der Waals surface area contributed by atoms with E-state index in [2.05, 4.69) is 20.1 Å². The standard InChI is InChI=1S/C18H28O4/c1-4-12-18(13-21-16(19)5-2,14-22-17(20)6-3)15-10-8-7-9-11-15/h5-6,15H,2-4,7-14H2,1H3. The van der Waals surface area contributed by atoms with Crippen molar-refractivity contribution in [2.75, 3.05) is 13.2 Å². The van der Waals surface area contributed by atoms with Gasteiger partial charge in [0.25, 0.3) is 0 Å². The molecule has 0 aliphatic heterocycles. The highest BCUT2D eigenvalue weighted by molar-refractivity contribution is 5.81. The number of hydrogen-bond donors (Lipinski definition) is 0. The topological polar surface area (TPSA) is 52.6 Å². The van der Waals surface area contributed by atoms with Crippen LogP contribution in [-0.2, 0) is 19.1 Å². The van der Waals surface area contributed by atoms with Gasteiger partial charge in [-0.05, 0) is 25.2 Å². The van der Waals surface area contributed by atoms with Gasteiger partial charge in [0.1, 0.15) is 13.2 Å². The maximum absolute atomic E-state index is 11.5. The van der Waals surface area contributed by atoms with Gasteiger partial charge in [-0.1, -0.05) is 45.8 Å². The molecule has 4 heteroatoms.